The zero-order valence-electron chi connectivity index (χ0n) is 11.5. The number of carbonyl (C=O) groups is 1. The molecule has 0 aliphatic carbocycles. The minimum atomic E-state index is -3.94. The van der Waals surface area contributed by atoms with Gasteiger partial charge in [-0.2, -0.15) is 5.10 Å². The largest absolute Gasteiger partial charge is 0.276 e. The lowest BCUT2D eigenvalue weighted by molar-refractivity contribution is 0.0985. The van der Waals surface area contributed by atoms with E-state index in [1.165, 1.54) is 10.9 Å². The maximum Gasteiger partial charge on any atom is 0.276 e. The van der Waals surface area contributed by atoms with E-state index in [9.17, 15) is 13.2 Å². The number of aromatic nitrogens is 3. The monoisotopic (exact) mass is 314 g/mol. The van der Waals surface area contributed by atoms with Crippen LogP contribution in [0.4, 0.5) is 0 Å². The van der Waals surface area contributed by atoms with E-state index in [1.807, 2.05) is 4.72 Å². The zero-order chi connectivity index (χ0) is 15.1. The molecule has 0 spiro atoms. The van der Waals surface area contributed by atoms with Gasteiger partial charge in [0, 0.05) is 7.05 Å². The summed E-state index contributed by atoms with van der Waals surface area (Å²) >= 11 is 1.14. The Balaban J connectivity index is 2.34. The second kappa shape index (κ2) is 4.98. The number of nitrogens with zero attached hydrogens (tertiary/aromatic N) is 3. The molecule has 1 amide bonds. The van der Waals surface area contributed by atoms with Crippen LogP contribution in [-0.2, 0) is 17.1 Å². The third kappa shape index (κ3) is 2.59. The number of rotatable bonds is 3. The first-order valence-corrected chi connectivity index (χ1v) is 8.02. The van der Waals surface area contributed by atoms with Crippen LogP contribution in [-0.4, -0.2) is 29.1 Å². The third-order valence-corrected chi connectivity index (χ3v) is 5.28. The Kier molecular flexibility index (Phi) is 3.65. The molecule has 7 nitrogen and oxygen atoms in total. The second-order valence-corrected chi connectivity index (χ2v) is 7.16. The molecular formula is C11H14N4O3S2. The van der Waals surface area contributed by atoms with Crippen molar-refractivity contribution in [3.8, 4) is 0 Å². The normalized spacial score (nSPS) is 11.6. The summed E-state index contributed by atoms with van der Waals surface area (Å²) in [5.74, 6) is -0.682. The van der Waals surface area contributed by atoms with Gasteiger partial charge in [-0.05, 0) is 20.8 Å². The van der Waals surface area contributed by atoms with Gasteiger partial charge in [0.05, 0.1) is 22.6 Å². The van der Waals surface area contributed by atoms with E-state index in [2.05, 4.69) is 10.1 Å². The molecule has 0 aromatic carbocycles. The minimum Gasteiger partial charge on any atom is -0.271 e. The number of hydrogen-bond acceptors (Lipinski definition) is 6. The molecule has 108 valence electrons. The Hall–Kier alpha value is -1.74. The fourth-order valence-corrected chi connectivity index (χ4v) is 3.98. The van der Waals surface area contributed by atoms with Crippen LogP contribution in [0.5, 0.6) is 0 Å². The van der Waals surface area contributed by atoms with Crippen LogP contribution in [0.3, 0.4) is 0 Å². The van der Waals surface area contributed by atoms with Crippen molar-refractivity contribution in [1.29, 1.82) is 0 Å². The number of carbonyl (C=O) groups excluding carboxylic acids is 1. The number of hydrogen-bond donors (Lipinski definition) is 1. The molecule has 2 aromatic heterocycles. The van der Waals surface area contributed by atoms with Gasteiger partial charge in [0.15, 0.2) is 0 Å². The van der Waals surface area contributed by atoms with Crippen LogP contribution in [0.25, 0.3) is 0 Å². The average Bonchev–Trinajstić information content (AvgIpc) is 2.84. The topological polar surface area (TPSA) is 93.9 Å². The Bertz CT molecular complexity index is 774. The van der Waals surface area contributed by atoms with Crippen molar-refractivity contribution in [3.63, 3.8) is 0 Å². The van der Waals surface area contributed by atoms with Crippen molar-refractivity contribution in [2.75, 3.05) is 0 Å². The van der Waals surface area contributed by atoms with Gasteiger partial charge in [0.1, 0.15) is 9.77 Å². The minimum absolute atomic E-state index is 0.0367. The maximum absolute atomic E-state index is 12.3. The van der Waals surface area contributed by atoms with Crippen molar-refractivity contribution in [3.05, 3.63) is 27.5 Å². The highest BCUT2D eigenvalue weighted by molar-refractivity contribution is 7.90. The van der Waals surface area contributed by atoms with Gasteiger partial charge in [-0.15, -0.1) is 11.3 Å². The number of nitrogens with one attached hydrogen (secondary N) is 1. The van der Waals surface area contributed by atoms with Crippen LogP contribution in [0.2, 0.25) is 0 Å². The van der Waals surface area contributed by atoms with Crippen LogP contribution in [0.1, 0.15) is 26.1 Å². The van der Waals surface area contributed by atoms with Crippen LogP contribution >= 0.6 is 11.3 Å². The predicted molar refractivity (Wildman–Crippen MR) is 74.2 cm³/mol. The molecule has 0 saturated carbocycles. The predicted octanol–water partition coefficient (Wildman–Crippen LogP) is 0.921. The summed E-state index contributed by atoms with van der Waals surface area (Å²) in [6.45, 7) is 4.96. The average molecular weight is 314 g/mol. The van der Waals surface area contributed by atoms with E-state index in [4.69, 9.17) is 0 Å². The molecular weight excluding hydrogens is 300 g/mol. The summed E-state index contributed by atoms with van der Waals surface area (Å²) in [7, 11) is -2.29. The number of thiazole rings is 1. The SMILES string of the molecule is Cc1ncc(C(=O)NS(=O)(=O)c2c(C)nn(C)c2C)s1. The Labute approximate surface area is 120 Å². The molecule has 2 rings (SSSR count). The molecule has 0 bridgehead atoms. The molecule has 0 atom stereocenters. The number of sulfonamides is 1. The van der Waals surface area contributed by atoms with Gasteiger partial charge in [0.2, 0.25) is 0 Å². The van der Waals surface area contributed by atoms with Gasteiger partial charge < -0.3 is 0 Å². The first-order chi connectivity index (χ1) is 9.22. The summed E-state index contributed by atoms with van der Waals surface area (Å²) in [5, 5.41) is 4.73. The molecule has 20 heavy (non-hydrogen) atoms. The van der Waals surface area contributed by atoms with Gasteiger partial charge in [-0.1, -0.05) is 0 Å². The summed E-state index contributed by atoms with van der Waals surface area (Å²) in [4.78, 5) is 16.1. The lowest BCUT2D eigenvalue weighted by Crippen LogP contribution is -2.30. The van der Waals surface area contributed by atoms with E-state index in [-0.39, 0.29) is 9.77 Å². The summed E-state index contributed by atoms with van der Waals surface area (Å²) < 4.78 is 28.1. The second-order valence-electron chi connectivity index (χ2n) is 4.30. The van der Waals surface area contributed by atoms with Crippen LogP contribution in [0.15, 0.2) is 11.1 Å². The molecule has 0 fully saturated rings. The molecule has 2 heterocycles. The lowest BCUT2D eigenvalue weighted by Gasteiger charge is -2.05. The number of aryl methyl sites for hydroxylation is 3. The van der Waals surface area contributed by atoms with Crippen molar-refractivity contribution >= 4 is 27.3 Å². The standard InChI is InChI=1S/C11H14N4O3S2/c1-6-10(7(2)15(4)13-6)20(17,18)14-11(16)9-5-12-8(3)19-9/h5H,1-4H3,(H,14,16). The Morgan fingerprint density at radius 3 is 2.45 bits per heavy atom. The van der Waals surface area contributed by atoms with E-state index in [0.717, 1.165) is 11.3 Å². The lowest BCUT2D eigenvalue weighted by atomic mass is 10.4. The van der Waals surface area contributed by atoms with Gasteiger partial charge >= 0.3 is 0 Å². The van der Waals surface area contributed by atoms with E-state index in [0.29, 0.717) is 16.4 Å². The molecule has 1 N–H and O–H groups in total. The van der Waals surface area contributed by atoms with Crippen molar-refractivity contribution in [2.45, 2.75) is 25.7 Å². The van der Waals surface area contributed by atoms with Crippen LogP contribution in [0, 0.1) is 20.8 Å². The highest BCUT2D eigenvalue weighted by Gasteiger charge is 2.26. The van der Waals surface area contributed by atoms with E-state index in [1.54, 1.807) is 27.8 Å². The van der Waals surface area contributed by atoms with E-state index >= 15 is 0 Å². The third-order valence-electron chi connectivity index (χ3n) is 2.78. The van der Waals surface area contributed by atoms with Gasteiger partial charge in [-0.25, -0.2) is 18.1 Å². The van der Waals surface area contributed by atoms with Gasteiger partial charge in [0.25, 0.3) is 15.9 Å². The number of amides is 1. The summed E-state index contributed by atoms with van der Waals surface area (Å²) in [5.41, 5.74) is 0.828. The molecule has 9 heteroatoms. The van der Waals surface area contributed by atoms with Gasteiger partial charge in [-0.3, -0.25) is 9.48 Å². The van der Waals surface area contributed by atoms with Crippen LogP contribution < -0.4 is 4.72 Å². The summed E-state index contributed by atoms with van der Waals surface area (Å²) in [6.07, 6.45) is 1.35. The van der Waals surface area contributed by atoms with Crippen molar-refractivity contribution in [1.82, 2.24) is 19.5 Å². The highest BCUT2D eigenvalue weighted by Crippen LogP contribution is 2.19. The Morgan fingerprint density at radius 2 is 2.00 bits per heavy atom. The molecule has 0 aliphatic rings. The zero-order valence-corrected chi connectivity index (χ0v) is 13.1. The van der Waals surface area contributed by atoms with Crippen molar-refractivity contribution in [2.24, 2.45) is 7.05 Å². The summed E-state index contributed by atoms with van der Waals surface area (Å²) in [6, 6.07) is 0. The molecule has 0 aliphatic heterocycles. The first-order valence-electron chi connectivity index (χ1n) is 5.72. The van der Waals surface area contributed by atoms with Crippen molar-refractivity contribution < 1.29 is 13.2 Å². The first kappa shape index (κ1) is 14.7. The molecule has 0 unspecified atom stereocenters. The Morgan fingerprint density at radius 1 is 1.35 bits per heavy atom. The quantitative estimate of drug-likeness (QED) is 0.909. The fraction of sp³-hybridized carbons (Fsp3) is 0.364. The maximum atomic E-state index is 12.3. The molecule has 2 aromatic rings. The van der Waals surface area contributed by atoms with E-state index < -0.39 is 15.9 Å². The molecule has 0 radical (unpaired) electrons. The molecule has 0 saturated heterocycles. The fourth-order valence-electron chi connectivity index (χ4n) is 1.83. The highest BCUT2D eigenvalue weighted by atomic mass is 32.2. The smallest absolute Gasteiger partial charge is 0.271 e.